The lowest BCUT2D eigenvalue weighted by molar-refractivity contribution is -0.129. The van der Waals surface area contributed by atoms with Gasteiger partial charge in [0.25, 0.3) is 0 Å². The van der Waals surface area contributed by atoms with Gasteiger partial charge in [-0.1, -0.05) is 24.3 Å². The minimum Gasteiger partial charge on any atom is -0.497 e. The van der Waals surface area contributed by atoms with E-state index in [1.165, 1.54) is 26.0 Å². The Morgan fingerprint density at radius 2 is 1.71 bits per heavy atom. The van der Waals surface area contributed by atoms with E-state index >= 15 is 0 Å². The first kappa shape index (κ1) is 19.4. The highest BCUT2D eigenvalue weighted by atomic mass is 16.5. The fourth-order valence-corrected chi connectivity index (χ4v) is 5.23. The molecular formula is C24H22N2O5. The van der Waals surface area contributed by atoms with E-state index in [0.717, 1.165) is 11.1 Å². The zero-order valence-electron chi connectivity index (χ0n) is 17.4. The summed E-state index contributed by atoms with van der Waals surface area (Å²) >= 11 is 0. The number of amides is 2. The van der Waals surface area contributed by atoms with Crippen molar-refractivity contribution in [2.24, 2.45) is 11.8 Å². The van der Waals surface area contributed by atoms with Crippen molar-refractivity contribution < 1.29 is 23.9 Å². The van der Waals surface area contributed by atoms with Crippen molar-refractivity contribution in [3.63, 3.8) is 0 Å². The van der Waals surface area contributed by atoms with Crippen LogP contribution in [0.1, 0.15) is 24.1 Å². The van der Waals surface area contributed by atoms with Crippen LogP contribution in [0.25, 0.3) is 6.08 Å². The smallest absolute Gasteiger partial charge is 0.240 e. The van der Waals surface area contributed by atoms with Crippen LogP contribution in [-0.2, 0) is 14.4 Å². The molecule has 3 heterocycles. The number of carbonyl (C=O) groups excluding carboxylic acids is 3. The second-order valence-electron chi connectivity index (χ2n) is 7.99. The Balaban J connectivity index is 1.64. The van der Waals surface area contributed by atoms with Gasteiger partial charge in [-0.15, -0.1) is 0 Å². The molecule has 31 heavy (non-hydrogen) atoms. The monoisotopic (exact) mass is 418 g/mol. The summed E-state index contributed by atoms with van der Waals surface area (Å²) in [5.41, 5.74) is 2.31. The number of anilines is 1. The number of imide groups is 1. The molecule has 0 saturated carbocycles. The molecule has 3 aliphatic rings. The highest BCUT2D eigenvalue weighted by molar-refractivity contribution is 6.24. The van der Waals surface area contributed by atoms with Gasteiger partial charge in [0.2, 0.25) is 11.8 Å². The lowest BCUT2D eigenvalue weighted by Gasteiger charge is -2.35. The van der Waals surface area contributed by atoms with Crippen LogP contribution < -0.4 is 14.4 Å². The molecule has 2 fully saturated rings. The van der Waals surface area contributed by atoms with Gasteiger partial charge in [-0.25, -0.2) is 4.90 Å². The molecule has 0 aromatic heterocycles. The molecule has 0 radical (unpaired) electrons. The molecule has 2 aromatic carbocycles. The van der Waals surface area contributed by atoms with Gasteiger partial charge in [-0.05, 0) is 36.3 Å². The summed E-state index contributed by atoms with van der Waals surface area (Å²) < 4.78 is 10.7. The van der Waals surface area contributed by atoms with E-state index in [1.54, 1.807) is 18.2 Å². The summed E-state index contributed by atoms with van der Waals surface area (Å²) in [6, 6.07) is 11.7. The Kier molecular flexibility index (Phi) is 4.36. The number of carbonyl (C=O) groups is 3. The van der Waals surface area contributed by atoms with Crippen LogP contribution in [0, 0.1) is 11.8 Å². The van der Waals surface area contributed by atoms with Crippen LogP contribution in [0.15, 0.2) is 48.7 Å². The highest BCUT2D eigenvalue weighted by Gasteiger charge is 2.64. The molecule has 0 aliphatic carbocycles. The topological polar surface area (TPSA) is 76.2 Å². The predicted octanol–water partition coefficient (Wildman–Crippen LogP) is 2.81. The van der Waals surface area contributed by atoms with E-state index in [4.69, 9.17) is 9.47 Å². The SMILES string of the molecule is COc1ccc(N2C(=O)[C@@H]3[C@H](C2=O)C2c4ccccc4C=CN2[C@@H]3C(C)=O)c(OC)c1. The van der Waals surface area contributed by atoms with Gasteiger partial charge in [-0.3, -0.25) is 14.4 Å². The predicted molar refractivity (Wildman–Crippen MR) is 114 cm³/mol. The molecule has 0 spiro atoms. The molecule has 7 heteroatoms. The number of methoxy groups -OCH3 is 2. The molecule has 2 amide bonds. The molecule has 5 rings (SSSR count). The van der Waals surface area contributed by atoms with E-state index in [2.05, 4.69) is 0 Å². The first-order valence-corrected chi connectivity index (χ1v) is 10.1. The first-order valence-electron chi connectivity index (χ1n) is 10.1. The minimum absolute atomic E-state index is 0.133. The van der Waals surface area contributed by atoms with Gasteiger partial charge in [0.15, 0.2) is 5.78 Å². The Bertz CT molecular complexity index is 1140. The third kappa shape index (κ3) is 2.62. The van der Waals surface area contributed by atoms with Crippen LogP contribution in [0.4, 0.5) is 5.69 Å². The number of rotatable bonds is 4. The third-order valence-corrected chi connectivity index (χ3v) is 6.51. The van der Waals surface area contributed by atoms with Gasteiger partial charge < -0.3 is 14.4 Å². The number of fused-ring (bicyclic) bond motifs is 5. The summed E-state index contributed by atoms with van der Waals surface area (Å²) in [5, 5.41) is 0. The second kappa shape index (κ2) is 6.97. The second-order valence-corrected chi connectivity index (χ2v) is 7.99. The maximum atomic E-state index is 13.7. The minimum atomic E-state index is -0.752. The van der Waals surface area contributed by atoms with Crippen molar-refractivity contribution in [1.29, 1.82) is 0 Å². The Morgan fingerprint density at radius 1 is 0.968 bits per heavy atom. The molecule has 158 valence electrons. The van der Waals surface area contributed by atoms with Crippen LogP contribution >= 0.6 is 0 Å². The van der Waals surface area contributed by atoms with E-state index in [1.807, 2.05) is 41.4 Å². The molecule has 2 saturated heterocycles. The van der Waals surface area contributed by atoms with Crippen molar-refractivity contribution >= 4 is 29.4 Å². The van der Waals surface area contributed by atoms with Crippen molar-refractivity contribution in [2.45, 2.75) is 19.0 Å². The van der Waals surface area contributed by atoms with Gasteiger partial charge in [0, 0.05) is 12.3 Å². The van der Waals surface area contributed by atoms with Crippen LogP contribution in [0.2, 0.25) is 0 Å². The number of hydrogen-bond acceptors (Lipinski definition) is 6. The van der Waals surface area contributed by atoms with Crippen LogP contribution in [0.5, 0.6) is 11.5 Å². The van der Waals surface area contributed by atoms with Crippen LogP contribution in [0.3, 0.4) is 0 Å². The standard InChI is InChI=1S/C24H22N2O5/c1-13(27)21-19-20(22-16-7-5-4-6-14(16)10-11-25(21)22)24(29)26(23(19)28)17-9-8-15(30-2)12-18(17)31-3/h4-12,19-22H,1-3H3/t19-,20+,21-,22?/m1/s1. The summed E-state index contributed by atoms with van der Waals surface area (Å²) in [5.74, 6) is -1.32. The molecule has 0 N–H and O–H groups in total. The number of benzene rings is 2. The quantitative estimate of drug-likeness (QED) is 0.711. The summed E-state index contributed by atoms with van der Waals surface area (Å²) in [4.78, 5) is 43.0. The number of ketones is 1. The first-order chi connectivity index (χ1) is 15.0. The largest absolute Gasteiger partial charge is 0.497 e. The highest BCUT2D eigenvalue weighted by Crippen LogP contribution is 2.54. The Hall–Kier alpha value is -3.61. The maximum absolute atomic E-state index is 13.7. The molecule has 0 bridgehead atoms. The Labute approximate surface area is 179 Å². The van der Waals surface area contributed by atoms with Gasteiger partial charge in [-0.2, -0.15) is 0 Å². The van der Waals surface area contributed by atoms with Crippen molar-refractivity contribution in [3.8, 4) is 11.5 Å². The number of hydrogen-bond donors (Lipinski definition) is 0. The average molecular weight is 418 g/mol. The van der Waals surface area contributed by atoms with E-state index in [-0.39, 0.29) is 23.6 Å². The summed E-state index contributed by atoms with van der Waals surface area (Å²) in [6.07, 6.45) is 3.78. The maximum Gasteiger partial charge on any atom is 0.240 e. The molecule has 3 aliphatic heterocycles. The summed E-state index contributed by atoms with van der Waals surface area (Å²) in [7, 11) is 3.01. The number of ether oxygens (including phenoxy) is 2. The van der Waals surface area contributed by atoms with Crippen molar-refractivity contribution in [1.82, 2.24) is 4.90 Å². The number of nitrogens with zero attached hydrogens (tertiary/aromatic N) is 2. The van der Waals surface area contributed by atoms with Gasteiger partial charge in [0.1, 0.15) is 11.5 Å². The van der Waals surface area contributed by atoms with Crippen LogP contribution in [-0.4, -0.2) is 42.8 Å². The zero-order valence-corrected chi connectivity index (χ0v) is 17.4. The Morgan fingerprint density at radius 3 is 2.42 bits per heavy atom. The molecule has 1 unspecified atom stereocenters. The fraction of sp³-hybridized carbons (Fsp3) is 0.292. The van der Waals surface area contributed by atoms with E-state index in [0.29, 0.717) is 17.2 Å². The van der Waals surface area contributed by atoms with E-state index in [9.17, 15) is 14.4 Å². The average Bonchev–Trinajstić information content (AvgIpc) is 3.26. The lowest BCUT2D eigenvalue weighted by Crippen LogP contribution is -2.43. The number of Topliss-reactive ketones (excluding diaryl/α,β-unsaturated/α-hetero) is 1. The fourth-order valence-electron chi connectivity index (χ4n) is 5.23. The molecular weight excluding hydrogens is 396 g/mol. The van der Waals surface area contributed by atoms with Crippen molar-refractivity contribution in [3.05, 3.63) is 59.8 Å². The van der Waals surface area contributed by atoms with Gasteiger partial charge >= 0.3 is 0 Å². The lowest BCUT2D eigenvalue weighted by atomic mass is 9.84. The molecule has 2 aromatic rings. The normalized spacial score (nSPS) is 25.9. The zero-order chi connectivity index (χ0) is 21.9. The third-order valence-electron chi connectivity index (χ3n) is 6.51. The van der Waals surface area contributed by atoms with E-state index < -0.39 is 17.9 Å². The summed E-state index contributed by atoms with van der Waals surface area (Å²) in [6.45, 7) is 1.48. The van der Waals surface area contributed by atoms with Gasteiger partial charge in [0.05, 0.1) is 43.8 Å². The molecule has 7 nitrogen and oxygen atoms in total. The van der Waals surface area contributed by atoms with Crippen molar-refractivity contribution in [2.75, 3.05) is 19.1 Å². The molecule has 4 atom stereocenters.